The highest BCUT2D eigenvalue weighted by atomic mass is 19.3. The number of hydrogen-bond acceptors (Lipinski definition) is 4. The van der Waals surface area contributed by atoms with Crippen LogP contribution in [0.15, 0.2) is 12.2 Å². The lowest BCUT2D eigenvalue weighted by Crippen LogP contribution is -2.50. The van der Waals surface area contributed by atoms with Crippen molar-refractivity contribution < 1.29 is 27.8 Å². The van der Waals surface area contributed by atoms with Gasteiger partial charge < -0.3 is 19.3 Å². The molecular weight excluding hydrogens is 346 g/mol. The molecule has 0 aliphatic carbocycles. The highest BCUT2D eigenvalue weighted by Crippen LogP contribution is 2.52. The highest BCUT2D eigenvalue weighted by Gasteiger charge is 2.67. The van der Waals surface area contributed by atoms with Gasteiger partial charge in [0, 0.05) is 39.1 Å². The Morgan fingerprint density at radius 2 is 2.12 bits per heavy atom. The molecule has 0 aromatic heterocycles. The van der Waals surface area contributed by atoms with E-state index >= 15 is 0 Å². The molecule has 4 aliphatic heterocycles. The normalized spacial score (nSPS) is 37.5. The molecule has 0 aromatic rings. The first-order valence-electron chi connectivity index (χ1n) is 9.27. The molecule has 0 radical (unpaired) electrons. The van der Waals surface area contributed by atoms with Crippen LogP contribution in [0, 0.1) is 11.8 Å². The number of carbonyl (C=O) groups is 2. The molecule has 0 aromatic carbocycles. The first-order chi connectivity index (χ1) is 12.4. The van der Waals surface area contributed by atoms with E-state index in [0.717, 1.165) is 0 Å². The number of likely N-dealkylation sites (tertiary alicyclic amines) is 2. The minimum absolute atomic E-state index is 0.0285. The van der Waals surface area contributed by atoms with Crippen LogP contribution >= 0.6 is 0 Å². The topological polar surface area (TPSA) is 59.1 Å². The number of nitrogens with zero attached hydrogens (tertiary/aromatic N) is 2. The van der Waals surface area contributed by atoms with Crippen LogP contribution in [0.3, 0.4) is 0 Å². The maximum absolute atomic E-state index is 13.4. The van der Waals surface area contributed by atoms with Gasteiger partial charge in [-0.2, -0.15) is 0 Å². The zero-order chi connectivity index (χ0) is 18.5. The van der Waals surface area contributed by atoms with E-state index in [1.54, 1.807) is 4.90 Å². The molecule has 0 N–H and O–H groups in total. The van der Waals surface area contributed by atoms with Gasteiger partial charge in [0.25, 0.3) is 5.92 Å². The Balaban J connectivity index is 1.49. The summed E-state index contributed by atoms with van der Waals surface area (Å²) in [6.45, 7) is 3.85. The summed E-state index contributed by atoms with van der Waals surface area (Å²) in [4.78, 5) is 29.1. The number of hydrogen-bond donors (Lipinski definition) is 0. The van der Waals surface area contributed by atoms with E-state index in [4.69, 9.17) is 9.47 Å². The Bertz CT molecular complexity index is 631. The minimum atomic E-state index is -2.71. The average molecular weight is 370 g/mol. The van der Waals surface area contributed by atoms with Crippen LogP contribution in [0.5, 0.6) is 0 Å². The highest BCUT2D eigenvalue weighted by molar-refractivity contribution is 5.93. The molecule has 144 valence electrons. The number of halogens is 2. The quantitative estimate of drug-likeness (QED) is 0.537. The SMILES string of the molecule is CCOCCN1C[C@]23C=C[C@H](O2)C(C(=O)N2CCC(F)(F)CC2)C3C1=O. The third-order valence-electron chi connectivity index (χ3n) is 5.98. The Morgan fingerprint density at radius 3 is 2.81 bits per heavy atom. The Kier molecular flexibility index (Phi) is 4.30. The Hall–Kier alpha value is -1.54. The lowest BCUT2D eigenvalue weighted by atomic mass is 9.76. The molecule has 0 saturated carbocycles. The predicted octanol–water partition coefficient (Wildman–Crippen LogP) is 1.06. The van der Waals surface area contributed by atoms with Crippen LogP contribution in [-0.4, -0.2) is 78.6 Å². The summed E-state index contributed by atoms with van der Waals surface area (Å²) < 4.78 is 38.2. The molecule has 26 heavy (non-hydrogen) atoms. The van der Waals surface area contributed by atoms with Crippen molar-refractivity contribution in [1.82, 2.24) is 9.80 Å². The monoisotopic (exact) mass is 370 g/mol. The summed E-state index contributed by atoms with van der Waals surface area (Å²) in [6.07, 6.45) is 2.66. The molecule has 4 atom stereocenters. The van der Waals surface area contributed by atoms with E-state index in [0.29, 0.717) is 26.3 Å². The van der Waals surface area contributed by atoms with Gasteiger partial charge in [-0.05, 0) is 6.92 Å². The molecule has 8 heteroatoms. The predicted molar refractivity (Wildman–Crippen MR) is 87.6 cm³/mol. The van der Waals surface area contributed by atoms with Gasteiger partial charge in [0.05, 0.1) is 31.1 Å². The number of ether oxygens (including phenoxy) is 2. The molecule has 4 heterocycles. The number of alkyl halides is 2. The fraction of sp³-hybridized carbons (Fsp3) is 0.778. The van der Waals surface area contributed by atoms with E-state index in [1.807, 2.05) is 19.1 Å². The van der Waals surface area contributed by atoms with Crippen molar-refractivity contribution in [3.8, 4) is 0 Å². The summed E-state index contributed by atoms with van der Waals surface area (Å²) >= 11 is 0. The second-order valence-corrected chi connectivity index (χ2v) is 7.54. The summed E-state index contributed by atoms with van der Waals surface area (Å²) in [5.74, 6) is -4.22. The van der Waals surface area contributed by atoms with Crippen LogP contribution in [0.1, 0.15) is 19.8 Å². The van der Waals surface area contributed by atoms with Gasteiger partial charge in [0.1, 0.15) is 5.60 Å². The number of rotatable bonds is 5. The Labute approximate surface area is 151 Å². The molecule has 2 amide bonds. The van der Waals surface area contributed by atoms with Gasteiger partial charge >= 0.3 is 0 Å². The fourth-order valence-electron chi connectivity index (χ4n) is 4.63. The third kappa shape index (κ3) is 2.74. The molecule has 4 rings (SSSR count). The van der Waals surface area contributed by atoms with E-state index in [1.165, 1.54) is 4.90 Å². The van der Waals surface area contributed by atoms with Crippen molar-refractivity contribution >= 4 is 11.8 Å². The first-order valence-corrected chi connectivity index (χ1v) is 9.27. The van der Waals surface area contributed by atoms with Gasteiger partial charge in [0.2, 0.25) is 11.8 Å². The van der Waals surface area contributed by atoms with Crippen LogP contribution in [-0.2, 0) is 19.1 Å². The summed E-state index contributed by atoms with van der Waals surface area (Å²) in [7, 11) is 0. The van der Waals surface area contributed by atoms with Crippen LogP contribution in [0.25, 0.3) is 0 Å². The minimum Gasteiger partial charge on any atom is -0.380 e. The molecule has 3 fully saturated rings. The van der Waals surface area contributed by atoms with Crippen LogP contribution < -0.4 is 0 Å². The number of amides is 2. The van der Waals surface area contributed by atoms with Gasteiger partial charge in [0.15, 0.2) is 0 Å². The largest absolute Gasteiger partial charge is 0.380 e. The summed E-state index contributed by atoms with van der Waals surface area (Å²) in [6, 6.07) is 0. The third-order valence-corrected chi connectivity index (χ3v) is 5.98. The lowest BCUT2D eigenvalue weighted by Gasteiger charge is -2.35. The second kappa shape index (κ2) is 6.27. The van der Waals surface area contributed by atoms with E-state index in [2.05, 4.69) is 0 Å². The molecular formula is C18H24F2N2O4. The van der Waals surface area contributed by atoms with Gasteiger partial charge in [-0.25, -0.2) is 8.78 Å². The van der Waals surface area contributed by atoms with Crippen LogP contribution in [0.2, 0.25) is 0 Å². The van der Waals surface area contributed by atoms with Gasteiger partial charge in [-0.3, -0.25) is 9.59 Å². The molecule has 6 nitrogen and oxygen atoms in total. The van der Waals surface area contributed by atoms with Crippen molar-refractivity contribution in [2.45, 2.75) is 37.4 Å². The summed E-state index contributed by atoms with van der Waals surface area (Å²) in [5.41, 5.74) is -0.756. The van der Waals surface area contributed by atoms with E-state index < -0.39 is 29.5 Å². The van der Waals surface area contributed by atoms with Crippen LogP contribution in [0.4, 0.5) is 8.78 Å². The molecule has 2 unspecified atom stereocenters. The number of piperidine rings is 1. The standard InChI is InChI=1S/C18H24F2N2O4/c1-2-25-10-9-22-11-17-4-3-12(26-17)13(14(17)16(22)24)15(23)21-7-5-18(19,20)6-8-21/h3-4,12-14H,2,5-11H2,1H3/t12-,13?,14?,17-/m0/s1. The zero-order valence-corrected chi connectivity index (χ0v) is 14.8. The smallest absolute Gasteiger partial charge is 0.251 e. The maximum atomic E-state index is 13.4. The number of carbonyl (C=O) groups excluding carboxylic acids is 2. The number of fused-ring (bicyclic) bond motifs is 1. The second-order valence-electron chi connectivity index (χ2n) is 7.54. The molecule has 2 bridgehead atoms. The van der Waals surface area contributed by atoms with Crippen molar-refractivity contribution in [3.05, 3.63) is 12.2 Å². The van der Waals surface area contributed by atoms with Gasteiger partial charge in [-0.1, -0.05) is 12.2 Å². The molecule has 4 aliphatic rings. The Morgan fingerprint density at radius 1 is 1.38 bits per heavy atom. The molecule has 1 spiro atoms. The molecule has 3 saturated heterocycles. The summed E-state index contributed by atoms with van der Waals surface area (Å²) in [5, 5.41) is 0. The van der Waals surface area contributed by atoms with Crippen molar-refractivity contribution in [2.75, 3.05) is 39.4 Å². The van der Waals surface area contributed by atoms with E-state index in [9.17, 15) is 18.4 Å². The van der Waals surface area contributed by atoms with Crippen molar-refractivity contribution in [2.24, 2.45) is 11.8 Å². The first kappa shape index (κ1) is 17.9. The lowest BCUT2D eigenvalue weighted by molar-refractivity contribution is -0.147. The van der Waals surface area contributed by atoms with Crippen molar-refractivity contribution in [3.63, 3.8) is 0 Å². The zero-order valence-electron chi connectivity index (χ0n) is 14.8. The van der Waals surface area contributed by atoms with E-state index in [-0.39, 0.29) is 37.7 Å². The maximum Gasteiger partial charge on any atom is 0.251 e. The van der Waals surface area contributed by atoms with Gasteiger partial charge in [-0.15, -0.1) is 0 Å². The fourth-order valence-corrected chi connectivity index (χ4v) is 4.63. The average Bonchev–Trinajstić information content (AvgIpc) is 3.23. The van der Waals surface area contributed by atoms with Crippen molar-refractivity contribution in [1.29, 1.82) is 0 Å².